The first-order valence-corrected chi connectivity index (χ1v) is 8.29. The molecule has 0 radical (unpaired) electrons. The number of carbonyl (C=O) groups is 2. The third-order valence-corrected chi connectivity index (χ3v) is 3.75. The van der Waals surface area contributed by atoms with Crippen LogP contribution in [0.4, 0.5) is 0 Å². The zero-order chi connectivity index (χ0) is 15.7. The van der Waals surface area contributed by atoms with Crippen molar-refractivity contribution in [1.82, 2.24) is 4.90 Å². The van der Waals surface area contributed by atoms with Gasteiger partial charge in [0, 0.05) is 19.5 Å². The average Bonchev–Trinajstić information content (AvgIpc) is 2.49. The van der Waals surface area contributed by atoms with Gasteiger partial charge in [0.15, 0.2) is 0 Å². The number of nitrogens with two attached hydrogens (primary N) is 2. The lowest BCUT2D eigenvalue weighted by Gasteiger charge is -2.25. The second-order valence-corrected chi connectivity index (χ2v) is 5.84. The Morgan fingerprint density at radius 1 is 1.29 bits per heavy atom. The fourth-order valence-corrected chi connectivity index (χ4v) is 2.41. The quantitative estimate of drug-likeness (QED) is 0.711. The van der Waals surface area contributed by atoms with E-state index in [1.54, 1.807) is 16.7 Å². The molecule has 0 heterocycles. The number of benzene rings is 1. The number of hydrogen-bond acceptors (Lipinski definition) is 4. The Morgan fingerprint density at radius 3 is 2.52 bits per heavy atom. The molecule has 1 aromatic carbocycles. The molecule has 0 aliphatic rings. The molecule has 5 nitrogen and oxygen atoms in total. The number of amides is 2. The molecule has 2 amide bonds. The van der Waals surface area contributed by atoms with E-state index in [1.165, 1.54) is 0 Å². The second kappa shape index (κ2) is 9.41. The number of nitrogens with zero attached hydrogens (tertiary/aromatic N) is 1. The van der Waals surface area contributed by atoms with Gasteiger partial charge < -0.3 is 16.4 Å². The topological polar surface area (TPSA) is 89.4 Å². The van der Waals surface area contributed by atoms with E-state index in [2.05, 4.69) is 0 Å². The molecule has 0 aliphatic carbocycles. The monoisotopic (exact) mass is 309 g/mol. The van der Waals surface area contributed by atoms with Crippen molar-refractivity contribution < 1.29 is 9.59 Å². The van der Waals surface area contributed by atoms with Gasteiger partial charge in [-0.1, -0.05) is 30.3 Å². The Labute approximate surface area is 130 Å². The normalized spacial score (nSPS) is 11.9. The summed E-state index contributed by atoms with van der Waals surface area (Å²) in [5.74, 6) is 0.287. The smallest absolute Gasteiger partial charge is 0.239 e. The number of rotatable bonds is 9. The molecular weight excluding hydrogens is 286 g/mol. The van der Waals surface area contributed by atoms with Gasteiger partial charge in [-0.25, -0.2) is 0 Å². The lowest BCUT2D eigenvalue weighted by Crippen LogP contribution is -2.44. The molecular formula is C15H23N3O2S. The maximum atomic E-state index is 12.4. The summed E-state index contributed by atoms with van der Waals surface area (Å²) in [6.45, 7) is 0.746. The van der Waals surface area contributed by atoms with E-state index >= 15 is 0 Å². The third-order valence-electron chi connectivity index (χ3n) is 3.11. The fraction of sp³-hybridized carbons (Fsp3) is 0.467. The molecule has 0 spiro atoms. The Morgan fingerprint density at radius 2 is 1.95 bits per heavy atom. The van der Waals surface area contributed by atoms with Gasteiger partial charge in [0.1, 0.15) is 0 Å². The maximum Gasteiger partial charge on any atom is 0.239 e. The van der Waals surface area contributed by atoms with Crippen LogP contribution in [0.3, 0.4) is 0 Å². The highest BCUT2D eigenvalue weighted by atomic mass is 32.2. The van der Waals surface area contributed by atoms with Gasteiger partial charge in [0.2, 0.25) is 11.8 Å². The zero-order valence-corrected chi connectivity index (χ0v) is 13.1. The summed E-state index contributed by atoms with van der Waals surface area (Å²) in [5, 5.41) is 0. The molecule has 4 N–H and O–H groups in total. The lowest BCUT2D eigenvalue weighted by atomic mass is 10.1. The van der Waals surface area contributed by atoms with Crippen molar-refractivity contribution in [2.45, 2.75) is 25.4 Å². The summed E-state index contributed by atoms with van der Waals surface area (Å²) in [7, 11) is 0. The van der Waals surface area contributed by atoms with E-state index in [0.29, 0.717) is 19.5 Å². The minimum atomic E-state index is -0.533. The molecule has 0 saturated heterocycles. The molecule has 1 rings (SSSR count). The Bertz CT molecular complexity index is 453. The largest absolute Gasteiger partial charge is 0.370 e. The van der Waals surface area contributed by atoms with Crippen LogP contribution in [0, 0.1) is 0 Å². The van der Waals surface area contributed by atoms with Crippen LogP contribution >= 0.6 is 11.8 Å². The molecule has 0 unspecified atom stereocenters. The predicted octanol–water partition coefficient (Wildman–Crippen LogP) is 0.971. The predicted molar refractivity (Wildman–Crippen MR) is 86.6 cm³/mol. The first-order chi connectivity index (χ1) is 10.0. The maximum absolute atomic E-state index is 12.4. The molecule has 0 saturated carbocycles. The molecule has 1 atom stereocenters. The van der Waals surface area contributed by atoms with Crippen molar-refractivity contribution in [2.75, 3.05) is 18.6 Å². The van der Waals surface area contributed by atoms with Crippen LogP contribution in [0.25, 0.3) is 0 Å². The first-order valence-electron chi connectivity index (χ1n) is 6.90. The van der Waals surface area contributed by atoms with Crippen molar-refractivity contribution in [2.24, 2.45) is 11.5 Å². The number of carbonyl (C=O) groups excluding carboxylic acids is 2. The van der Waals surface area contributed by atoms with Crippen LogP contribution < -0.4 is 11.5 Å². The van der Waals surface area contributed by atoms with Crippen LogP contribution in [0.2, 0.25) is 0 Å². The number of thioether (sulfide) groups is 1. The van der Waals surface area contributed by atoms with Crippen LogP contribution in [0.15, 0.2) is 30.3 Å². The number of hydrogen-bond donors (Lipinski definition) is 2. The summed E-state index contributed by atoms with van der Waals surface area (Å²) in [6.07, 6.45) is 2.75. The van der Waals surface area contributed by atoms with Gasteiger partial charge in [-0.3, -0.25) is 9.59 Å². The molecule has 116 valence electrons. The Hall–Kier alpha value is -1.53. The van der Waals surface area contributed by atoms with Gasteiger partial charge in [-0.05, 0) is 24.0 Å². The van der Waals surface area contributed by atoms with Gasteiger partial charge in [-0.2, -0.15) is 11.8 Å². The van der Waals surface area contributed by atoms with Crippen molar-refractivity contribution >= 4 is 23.6 Å². The van der Waals surface area contributed by atoms with Crippen LogP contribution in [-0.2, 0) is 16.1 Å². The van der Waals surface area contributed by atoms with Gasteiger partial charge >= 0.3 is 0 Å². The van der Waals surface area contributed by atoms with E-state index in [-0.39, 0.29) is 12.3 Å². The summed E-state index contributed by atoms with van der Waals surface area (Å²) < 4.78 is 0. The highest BCUT2D eigenvalue weighted by molar-refractivity contribution is 7.98. The van der Waals surface area contributed by atoms with Crippen molar-refractivity contribution in [3.63, 3.8) is 0 Å². The van der Waals surface area contributed by atoms with E-state index in [0.717, 1.165) is 11.3 Å². The van der Waals surface area contributed by atoms with E-state index in [9.17, 15) is 9.59 Å². The highest BCUT2D eigenvalue weighted by Crippen LogP contribution is 2.09. The van der Waals surface area contributed by atoms with Crippen molar-refractivity contribution in [1.29, 1.82) is 0 Å². The minimum Gasteiger partial charge on any atom is -0.370 e. The minimum absolute atomic E-state index is 0.130. The molecule has 6 heteroatoms. The molecule has 0 bridgehead atoms. The number of primary amides is 1. The Kier molecular flexibility index (Phi) is 7.85. The van der Waals surface area contributed by atoms with Crippen LogP contribution in [0.5, 0.6) is 0 Å². The van der Waals surface area contributed by atoms with E-state index in [1.807, 2.05) is 36.6 Å². The Balaban J connectivity index is 2.71. The second-order valence-electron chi connectivity index (χ2n) is 4.85. The van der Waals surface area contributed by atoms with Gasteiger partial charge in [0.05, 0.1) is 6.04 Å². The fourth-order valence-electron chi connectivity index (χ4n) is 1.92. The lowest BCUT2D eigenvalue weighted by molar-refractivity contribution is -0.133. The molecule has 1 aromatic rings. The molecule has 0 fully saturated rings. The summed E-state index contributed by atoms with van der Waals surface area (Å²) >= 11 is 1.66. The van der Waals surface area contributed by atoms with E-state index in [4.69, 9.17) is 11.5 Å². The van der Waals surface area contributed by atoms with Crippen LogP contribution in [0.1, 0.15) is 18.4 Å². The van der Waals surface area contributed by atoms with E-state index < -0.39 is 11.9 Å². The highest BCUT2D eigenvalue weighted by Gasteiger charge is 2.21. The average molecular weight is 309 g/mol. The standard InChI is InChI=1S/C15H23N3O2S/c1-21-10-8-13(16)15(20)18(9-7-14(17)19)11-12-5-3-2-4-6-12/h2-6,13H,7-11,16H2,1H3,(H2,17,19)/t13-/m1/s1. The molecule has 21 heavy (non-hydrogen) atoms. The molecule has 0 aliphatic heterocycles. The SMILES string of the molecule is CSCC[C@@H](N)C(=O)N(CCC(N)=O)Cc1ccccc1. The van der Waals surface area contributed by atoms with Crippen molar-refractivity contribution in [3.8, 4) is 0 Å². The summed E-state index contributed by atoms with van der Waals surface area (Å²) in [4.78, 5) is 25.0. The van der Waals surface area contributed by atoms with Gasteiger partial charge in [-0.15, -0.1) is 0 Å². The zero-order valence-electron chi connectivity index (χ0n) is 12.3. The first kappa shape index (κ1) is 17.5. The summed E-state index contributed by atoms with van der Waals surface area (Å²) in [5.41, 5.74) is 12.1. The van der Waals surface area contributed by atoms with Crippen molar-refractivity contribution in [3.05, 3.63) is 35.9 Å². The van der Waals surface area contributed by atoms with Crippen LogP contribution in [-0.4, -0.2) is 41.3 Å². The summed E-state index contributed by atoms with van der Waals surface area (Å²) in [6, 6.07) is 9.10. The molecule has 0 aromatic heterocycles. The van der Waals surface area contributed by atoms with Gasteiger partial charge in [0.25, 0.3) is 0 Å². The third kappa shape index (κ3) is 6.64.